The molecule has 4 heteroatoms. The molecule has 0 aromatic heterocycles. The molecule has 0 bridgehead atoms. The molecule has 3 nitrogen and oxygen atoms in total. The molecular formula is C21H19N3S. The molecule has 3 aromatic carbocycles. The van der Waals surface area contributed by atoms with Gasteiger partial charge in [-0.1, -0.05) is 78.9 Å². The number of nitrogens with one attached hydrogen (secondary N) is 2. The Kier molecular flexibility index (Phi) is 5.91. The fourth-order valence-electron chi connectivity index (χ4n) is 2.54. The van der Waals surface area contributed by atoms with Gasteiger partial charge in [-0.15, -0.1) is 0 Å². The molecule has 0 unspecified atom stereocenters. The first-order valence-electron chi connectivity index (χ1n) is 8.08. The highest BCUT2D eigenvalue weighted by Crippen LogP contribution is 2.22. The van der Waals surface area contributed by atoms with Crippen LogP contribution in [0.3, 0.4) is 0 Å². The maximum atomic E-state index is 5.29. The average molecular weight is 345 g/mol. The van der Waals surface area contributed by atoms with Crippen molar-refractivity contribution in [2.45, 2.75) is 5.92 Å². The van der Waals surface area contributed by atoms with E-state index in [-0.39, 0.29) is 5.92 Å². The van der Waals surface area contributed by atoms with Crippen LogP contribution in [-0.4, -0.2) is 11.3 Å². The zero-order valence-corrected chi connectivity index (χ0v) is 14.5. The molecule has 0 aliphatic carbocycles. The standard InChI is InChI=1S/C21H19N3S/c25-21(23-19-14-8-3-9-15-19)24-22-16-20(17-10-4-1-5-11-17)18-12-6-2-7-13-18/h1-16,20H,(H2,23,24,25)/b22-16+. The van der Waals surface area contributed by atoms with Crippen molar-refractivity contribution < 1.29 is 0 Å². The van der Waals surface area contributed by atoms with Crippen molar-refractivity contribution in [3.63, 3.8) is 0 Å². The highest BCUT2D eigenvalue weighted by Gasteiger charge is 2.11. The van der Waals surface area contributed by atoms with Gasteiger partial charge in [-0.25, -0.2) is 0 Å². The van der Waals surface area contributed by atoms with Crippen molar-refractivity contribution in [1.29, 1.82) is 0 Å². The lowest BCUT2D eigenvalue weighted by atomic mass is 9.92. The minimum Gasteiger partial charge on any atom is -0.331 e. The van der Waals surface area contributed by atoms with Gasteiger partial charge < -0.3 is 5.32 Å². The van der Waals surface area contributed by atoms with Gasteiger partial charge in [0, 0.05) is 17.8 Å². The maximum absolute atomic E-state index is 5.29. The molecule has 3 aromatic rings. The van der Waals surface area contributed by atoms with E-state index >= 15 is 0 Å². The summed E-state index contributed by atoms with van der Waals surface area (Å²) in [5.41, 5.74) is 6.18. The van der Waals surface area contributed by atoms with Gasteiger partial charge in [0.05, 0.1) is 0 Å². The zero-order chi connectivity index (χ0) is 17.3. The van der Waals surface area contributed by atoms with Crippen molar-refractivity contribution in [1.82, 2.24) is 5.43 Å². The van der Waals surface area contributed by atoms with Crippen LogP contribution in [0.2, 0.25) is 0 Å². The van der Waals surface area contributed by atoms with Crippen molar-refractivity contribution >= 4 is 29.2 Å². The minimum absolute atomic E-state index is 0.0643. The quantitative estimate of drug-likeness (QED) is 0.396. The Morgan fingerprint density at radius 2 is 1.24 bits per heavy atom. The summed E-state index contributed by atoms with van der Waals surface area (Å²) in [6.45, 7) is 0. The van der Waals surface area contributed by atoms with E-state index < -0.39 is 0 Å². The third-order valence-electron chi connectivity index (χ3n) is 3.74. The van der Waals surface area contributed by atoms with Gasteiger partial charge in [-0.2, -0.15) is 5.10 Å². The lowest BCUT2D eigenvalue weighted by molar-refractivity contribution is 1.01. The molecule has 0 aliphatic rings. The van der Waals surface area contributed by atoms with Gasteiger partial charge >= 0.3 is 0 Å². The Hall–Kier alpha value is -2.98. The molecule has 0 spiro atoms. The molecule has 0 atom stereocenters. The van der Waals surface area contributed by atoms with Gasteiger partial charge in [-0.05, 0) is 35.5 Å². The summed E-state index contributed by atoms with van der Waals surface area (Å²) in [5, 5.41) is 7.90. The van der Waals surface area contributed by atoms with Crippen LogP contribution >= 0.6 is 12.2 Å². The summed E-state index contributed by atoms with van der Waals surface area (Å²) >= 11 is 5.29. The lowest BCUT2D eigenvalue weighted by Crippen LogP contribution is -2.24. The maximum Gasteiger partial charge on any atom is 0.191 e. The van der Waals surface area contributed by atoms with Crippen LogP contribution in [0, 0.1) is 0 Å². The van der Waals surface area contributed by atoms with Crippen LogP contribution in [0.5, 0.6) is 0 Å². The highest BCUT2D eigenvalue weighted by atomic mass is 32.1. The van der Waals surface area contributed by atoms with E-state index in [4.69, 9.17) is 12.2 Å². The molecule has 0 aliphatic heterocycles. The Balaban J connectivity index is 1.70. The van der Waals surface area contributed by atoms with Gasteiger partial charge in [0.25, 0.3) is 0 Å². The Morgan fingerprint density at radius 1 is 0.760 bits per heavy atom. The van der Waals surface area contributed by atoms with Gasteiger partial charge in [0.1, 0.15) is 0 Å². The van der Waals surface area contributed by atoms with Crippen molar-refractivity contribution in [3.8, 4) is 0 Å². The minimum atomic E-state index is 0.0643. The molecule has 25 heavy (non-hydrogen) atoms. The summed E-state index contributed by atoms with van der Waals surface area (Å²) in [5.74, 6) is 0.0643. The summed E-state index contributed by atoms with van der Waals surface area (Å²) in [6, 6.07) is 30.4. The topological polar surface area (TPSA) is 36.4 Å². The molecule has 2 N–H and O–H groups in total. The van der Waals surface area contributed by atoms with Gasteiger partial charge in [0.2, 0.25) is 0 Å². The van der Waals surface area contributed by atoms with Crippen LogP contribution in [0.4, 0.5) is 5.69 Å². The second kappa shape index (κ2) is 8.76. The Morgan fingerprint density at radius 3 is 1.76 bits per heavy atom. The number of benzene rings is 3. The molecule has 0 saturated carbocycles. The predicted octanol–water partition coefficient (Wildman–Crippen LogP) is 4.79. The number of para-hydroxylation sites is 1. The number of nitrogens with zero attached hydrogens (tertiary/aromatic N) is 1. The first kappa shape index (κ1) is 16.9. The number of hydrazone groups is 1. The van der Waals surface area contributed by atoms with Crippen molar-refractivity contribution in [2.24, 2.45) is 5.10 Å². The van der Waals surface area contributed by atoms with Gasteiger partial charge in [0.15, 0.2) is 5.11 Å². The number of thiocarbonyl (C=S) groups is 1. The van der Waals surface area contributed by atoms with Crippen LogP contribution in [0.25, 0.3) is 0 Å². The normalized spacial score (nSPS) is 10.8. The largest absolute Gasteiger partial charge is 0.331 e. The van der Waals surface area contributed by atoms with Crippen LogP contribution in [-0.2, 0) is 0 Å². The second-order valence-corrected chi connectivity index (χ2v) is 5.92. The SMILES string of the molecule is S=C(N/N=C/C(c1ccccc1)c1ccccc1)Nc1ccccc1. The number of rotatable bonds is 5. The third-order valence-corrected chi connectivity index (χ3v) is 3.93. The van der Waals surface area contributed by atoms with Gasteiger partial charge in [-0.3, -0.25) is 5.43 Å². The fraction of sp³-hybridized carbons (Fsp3) is 0.0476. The first-order valence-corrected chi connectivity index (χ1v) is 8.49. The summed E-state index contributed by atoms with van der Waals surface area (Å²) in [6.07, 6.45) is 1.88. The van der Waals surface area contributed by atoms with Crippen molar-refractivity contribution in [2.75, 3.05) is 5.32 Å². The smallest absolute Gasteiger partial charge is 0.191 e. The molecule has 3 rings (SSSR count). The van der Waals surface area contributed by atoms with E-state index in [1.165, 1.54) is 11.1 Å². The van der Waals surface area contributed by atoms with Crippen LogP contribution in [0.15, 0.2) is 96.1 Å². The molecule has 0 heterocycles. The van der Waals surface area contributed by atoms with E-state index in [0.29, 0.717) is 5.11 Å². The lowest BCUT2D eigenvalue weighted by Gasteiger charge is -2.13. The zero-order valence-electron chi connectivity index (χ0n) is 13.7. The molecule has 0 fully saturated rings. The van der Waals surface area contributed by atoms with E-state index in [1.807, 2.05) is 72.9 Å². The molecular weight excluding hydrogens is 326 g/mol. The second-order valence-electron chi connectivity index (χ2n) is 5.51. The molecule has 0 radical (unpaired) electrons. The predicted molar refractivity (Wildman–Crippen MR) is 109 cm³/mol. The first-order chi connectivity index (χ1) is 12.3. The fourth-order valence-corrected chi connectivity index (χ4v) is 2.71. The third kappa shape index (κ3) is 4.99. The monoisotopic (exact) mass is 345 g/mol. The van der Waals surface area contributed by atoms with E-state index in [2.05, 4.69) is 40.1 Å². The number of hydrogen-bond donors (Lipinski definition) is 2. The molecule has 0 saturated heterocycles. The van der Waals surface area contributed by atoms with E-state index in [0.717, 1.165) is 5.69 Å². The number of anilines is 1. The molecule has 0 amide bonds. The molecule has 124 valence electrons. The Labute approximate surface area is 153 Å². The summed E-state index contributed by atoms with van der Waals surface area (Å²) < 4.78 is 0. The van der Waals surface area contributed by atoms with Crippen LogP contribution < -0.4 is 10.7 Å². The summed E-state index contributed by atoms with van der Waals surface area (Å²) in [4.78, 5) is 0. The summed E-state index contributed by atoms with van der Waals surface area (Å²) in [7, 11) is 0. The Bertz CT molecular complexity index is 778. The van der Waals surface area contributed by atoms with Crippen molar-refractivity contribution in [3.05, 3.63) is 102 Å². The van der Waals surface area contributed by atoms with E-state index in [1.54, 1.807) is 0 Å². The van der Waals surface area contributed by atoms with Crippen LogP contribution in [0.1, 0.15) is 17.0 Å². The average Bonchev–Trinajstić information content (AvgIpc) is 2.67. The highest BCUT2D eigenvalue weighted by molar-refractivity contribution is 7.80. The number of hydrogen-bond acceptors (Lipinski definition) is 2. The van der Waals surface area contributed by atoms with E-state index in [9.17, 15) is 0 Å².